The molecule has 134 valence electrons. The van der Waals surface area contributed by atoms with Gasteiger partial charge in [-0.25, -0.2) is 0 Å². The Labute approximate surface area is 150 Å². The highest BCUT2D eigenvalue weighted by Crippen LogP contribution is 2.11. The van der Waals surface area contributed by atoms with Gasteiger partial charge in [0.1, 0.15) is 5.75 Å². The Bertz CT molecular complexity index is 626. The fourth-order valence-electron chi connectivity index (χ4n) is 2.68. The highest BCUT2D eigenvalue weighted by Gasteiger charge is 2.11. The van der Waals surface area contributed by atoms with E-state index >= 15 is 0 Å². The van der Waals surface area contributed by atoms with E-state index in [4.69, 9.17) is 4.74 Å². The van der Waals surface area contributed by atoms with Crippen molar-refractivity contribution >= 4 is 5.91 Å². The van der Waals surface area contributed by atoms with E-state index in [1.54, 1.807) is 7.11 Å². The van der Waals surface area contributed by atoms with Gasteiger partial charge in [0.2, 0.25) is 5.91 Å². The van der Waals surface area contributed by atoms with Crippen LogP contribution in [-0.2, 0) is 17.8 Å². The van der Waals surface area contributed by atoms with Crippen molar-refractivity contribution in [1.82, 2.24) is 10.2 Å². The van der Waals surface area contributed by atoms with E-state index < -0.39 is 0 Å². The van der Waals surface area contributed by atoms with Gasteiger partial charge in [-0.15, -0.1) is 0 Å². The molecule has 0 radical (unpaired) electrons. The number of benzene rings is 2. The molecular formula is C21H28N2O2. The fraction of sp³-hybridized carbons (Fsp3) is 0.381. The molecule has 25 heavy (non-hydrogen) atoms. The van der Waals surface area contributed by atoms with E-state index in [1.165, 1.54) is 11.1 Å². The zero-order chi connectivity index (χ0) is 17.9. The van der Waals surface area contributed by atoms with Crippen LogP contribution >= 0.6 is 0 Å². The molecule has 4 nitrogen and oxygen atoms in total. The van der Waals surface area contributed by atoms with Gasteiger partial charge in [-0.1, -0.05) is 42.5 Å². The summed E-state index contributed by atoms with van der Waals surface area (Å²) in [5.74, 6) is 1.07. The van der Waals surface area contributed by atoms with Crippen molar-refractivity contribution in [3.63, 3.8) is 0 Å². The van der Waals surface area contributed by atoms with Crippen molar-refractivity contribution < 1.29 is 9.53 Å². The zero-order valence-corrected chi connectivity index (χ0v) is 15.2. The summed E-state index contributed by atoms with van der Waals surface area (Å²) < 4.78 is 5.16. The number of methoxy groups -OCH3 is 1. The molecule has 0 spiro atoms. The molecule has 0 saturated heterocycles. The molecule has 4 heteroatoms. The van der Waals surface area contributed by atoms with Gasteiger partial charge in [-0.3, -0.25) is 4.79 Å². The molecule has 0 aliphatic rings. The molecule has 0 heterocycles. The van der Waals surface area contributed by atoms with Crippen LogP contribution in [0.25, 0.3) is 0 Å². The van der Waals surface area contributed by atoms with Crippen molar-refractivity contribution in [2.45, 2.75) is 26.3 Å². The van der Waals surface area contributed by atoms with E-state index in [2.05, 4.69) is 29.6 Å². The van der Waals surface area contributed by atoms with Crippen LogP contribution in [0.3, 0.4) is 0 Å². The lowest BCUT2D eigenvalue weighted by atomic mass is 10.1. The van der Waals surface area contributed by atoms with Crippen molar-refractivity contribution in [2.75, 3.05) is 26.7 Å². The largest absolute Gasteiger partial charge is 0.497 e. The normalized spacial score (nSPS) is 10.5. The van der Waals surface area contributed by atoms with Gasteiger partial charge in [-0.05, 0) is 43.1 Å². The van der Waals surface area contributed by atoms with Crippen LogP contribution in [0.5, 0.6) is 5.75 Å². The summed E-state index contributed by atoms with van der Waals surface area (Å²) in [7, 11) is 1.67. The molecule has 0 bridgehead atoms. The summed E-state index contributed by atoms with van der Waals surface area (Å²) in [5, 5.41) is 3.36. The summed E-state index contributed by atoms with van der Waals surface area (Å²) >= 11 is 0. The third-order valence-electron chi connectivity index (χ3n) is 4.22. The summed E-state index contributed by atoms with van der Waals surface area (Å²) in [6.07, 6.45) is 1.48. The van der Waals surface area contributed by atoms with Crippen molar-refractivity contribution in [3.05, 3.63) is 65.7 Å². The van der Waals surface area contributed by atoms with Crippen LogP contribution < -0.4 is 10.1 Å². The number of nitrogens with zero attached hydrogens (tertiary/aromatic N) is 1. The van der Waals surface area contributed by atoms with E-state index in [0.29, 0.717) is 19.5 Å². The van der Waals surface area contributed by atoms with Crippen LogP contribution in [0.4, 0.5) is 0 Å². The van der Waals surface area contributed by atoms with Gasteiger partial charge in [0.25, 0.3) is 0 Å². The molecule has 0 aliphatic heterocycles. The minimum absolute atomic E-state index is 0.198. The molecule has 1 amide bonds. The predicted octanol–water partition coefficient (Wildman–Crippen LogP) is 3.27. The van der Waals surface area contributed by atoms with Gasteiger partial charge < -0.3 is 15.0 Å². The maximum atomic E-state index is 12.4. The highest BCUT2D eigenvalue weighted by molar-refractivity contribution is 5.76. The van der Waals surface area contributed by atoms with E-state index in [-0.39, 0.29) is 5.91 Å². The summed E-state index contributed by atoms with van der Waals surface area (Å²) in [5.41, 5.74) is 2.43. The van der Waals surface area contributed by atoms with Gasteiger partial charge in [-0.2, -0.15) is 0 Å². The van der Waals surface area contributed by atoms with Crippen LogP contribution in [0.2, 0.25) is 0 Å². The van der Waals surface area contributed by atoms with Crippen LogP contribution in [0.1, 0.15) is 24.5 Å². The standard InChI is InChI=1S/C21H28N2O2/c1-3-23(17-19-7-5-4-6-8-19)21(24)14-16-22-15-13-18-9-11-20(25-2)12-10-18/h4-12,22H,3,13-17H2,1-2H3. The Kier molecular flexibility index (Phi) is 7.99. The first kappa shape index (κ1) is 19.0. The smallest absolute Gasteiger partial charge is 0.224 e. The molecule has 0 unspecified atom stereocenters. The molecule has 2 aromatic carbocycles. The Morgan fingerprint density at radius 3 is 2.36 bits per heavy atom. The summed E-state index contributed by atoms with van der Waals surface area (Å²) in [4.78, 5) is 14.3. The number of rotatable bonds is 10. The monoisotopic (exact) mass is 340 g/mol. The number of carbonyl (C=O) groups is 1. The van der Waals surface area contributed by atoms with Crippen LogP contribution in [0, 0.1) is 0 Å². The van der Waals surface area contributed by atoms with E-state index in [1.807, 2.05) is 42.2 Å². The fourth-order valence-corrected chi connectivity index (χ4v) is 2.68. The third kappa shape index (κ3) is 6.59. The summed E-state index contributed by atoms with van der Waals surface area (Å²) in [6, 6.07) is 18.2. The first-order valence-corrected chi connectivity index (χ1v) is 8.88. The SMILES string of the molecule is CCN(Cc1ccccc1)C(=O)CCNCCc1ccc(OC)cc1. The molecule has 2 rings (SSSR count). The second-order valence-electron chi connectivity index (χ2n) is 5.99. The Hall–Kier alpha value is -2.33. The maximum Gasteiger partial charge on any atom is 0.224 e. The lowest BCUT2D eigenvalue weighted by Crippen LogP contribution is -2.33. The number of ether oxygens (including phenoxy) is 1. The van der Waals surface area contributed by atoms with Gasteiger partial charge in [0.05, 0.1) is 7.11 Å². The van der Waals surface area contributed by atoms with Crippen molar-refractivity contribution in [1.29, 1.82) is 0 Å². The Balaban J connectivity index is 1.66. The number of amides is 1. The van der Waals surface area contributed by atoms with Crippen molar-refractivity contribution in [2.24, 2.45) is 0 Å². The number of hydrogen-bond acceptors (Lipinski definition) is 3. The molecule has 0 atom stereocenters. The second-order valence-corrected chi connectivity index (χ2v) is 5.99. The van der Waals surface area contributed by atoms with Gasteiger partial charge in [0, 0.05) is 26.1 Å². The molecular weight excluding hydrogens is 312 g/mol. The van der Waals surface area contributed by atoms with Gasteiger partial charge in [0.15, 0.2) is 0 Å². The topological polar surface area (TPSA) is 41.6 Å². The molecule has 2 aromatic rings. The average Bonchev–Trinajstić information content (AvgIpc) is 2.67. The van der Waals surface area contributed by atoms with Crippen LogP contribution in [0.15, 0.2) is 54.6 Å². The molecule has 0 fully saturated rings. The third-order valence-corrected chi connectivity index (χ3v) is 4.22. The van der Waals surface area contributed by atoms with Crippen molar-refractivity contribution in [3.8, 4) is 5.75 Å². The Morgan fingerprint density at radius 2 is 1.72 bits per heavy atom. The quantitative estimate of drug-likeness (QED) is 0.675. The molecule has 0 aromatic heterocycles. The average molecular weight is 340 g/mol. The lowest BCUT2D eigenvalue weighted by Gasteiger charge is -2.21. The zero-order valence-electron chi connectivity index (χ0n) is 15.2. The summed E-state index contributed by atoms with van der Waals surface area (Å²) in [6.45, 7) is 5.02. The number of nitrogens with one attached hydrogen (secondary N) is 1. The second kappa shape index (κ2) is 10.5. The van der Waals surface area contributed by atoms with Gasteiger partial charge >= 0.3 is 0 Å². The molecule has 0 aliphatic carbocycles. The molecule has 1 N–H and O–H groups in total. The minimum atomic E-state index is 0.198. The number of carbonyl (C=O) groups excluding carboxylic acids is 1. The lowest BCUT2D eigenvalue weighted by molar-refractivity contribution is -0.131. The van der Waals surface area contributed by atoms with Crippen LogP contribution in [-0.4, -0.2) is 37.6 Å². The first-order chi connectivity index (χ1) is 12.2. The van der Waals surface area contributed by atoms with E-state index in [9.17, 15) is 4.79 Å². The predicted molar refractivity (Wildman–Crippen MR) is 102 cm³/mol. The highest BCUT2D eigenvalue weighted by atomic mass is 16.5. The molecule has 0 saturated carbocycles. The maximum absolute atomic E-state index is 12.4. The van der Waals surface area contributed by atoms with E-state index in [0.717, 1.165) is 25.3 Å². The first-order valence-electron chi connectivity index (χ1n) is 8.88. The number of hydrogen-bond donors (Lipinski definition) is 1. The Morgan fingerprint density at radius 1 is 1.00 bits per heavy atom. The minimum Gasteiger partial charge on any atom is -0.497 e.